The average Bonchev–Trinajstić information content (AvgIpc) is 2.55. The first-order valence-electron chi connectivity index (χ1n) is 6.77. The van der Waals surface area contributed by atoms with Gasteiger partial charge in [-0.15, -0.1) is 0 Å². The number of carbonyl (C=O) groups excluding carboxylic acids is 1. The van der Waals surface area contributed by atoms with Crippen LogP contribution in [0.15, 0.2) is 53.6 Å². The molecule has 22 heavy (non-hydrogen) atoms. The number of carbonyl (C=O) groups is 1. The van der Waals surface area contributed by atoms with Crippen molar-refractivity contribution < 1.29 is 9.72 Å². The van der Waals surface area contributed by atoms with Gasteiger partial charge in [0, 0.05) is 11.6 Å². The highest BCUT2D eigenvalue weighted by atomic mass is 16.6. The molecule has 0 aliphatic rings. The standard InChI is InChI=1S/C16H15N3O3/c1-2-12-7-9-13(10-8-12)16(20)18-17-11-14-5-3-4-6-15(14)19(21)22/h3-11H,2H2,1H3,(H,18,20)/b17-11-. The van der Waals surface area contributed by atoms with Crippen molar-refractivity contribution in [3.8, 4) is 0 Å². The van der Waals surface area contributed by atoms with Crippen LogP contribution >= 0.6 is 0 Å². The predicted octanol–water partition coefficient (Wildman–Crippen LogP) is 2.92. The average molecular weight is 297 g/mol. The minimum absolute atomic E-state index is 0.0622. The molecule has 0 aromatic heterocycles. The normalized spacial score (nSPS) is 10.6. The van der Waals surface area contributed by atoms with Crippen molar-refractivity contribution in [1.82, 2.24) is 5.43 Å². The van der Waals surface area contributed by atoms with Crippen molar-refractivity contribution >= 4 is 17.8 Å². The lowest BCUT2D eigenvalue weighted by molar-refractivity contribution is -0.385. The molecule has 1 amide bonds. The Morgan fingerprint density at radius 2 is 1.91 bits per heavy atom. The van der Waals surface area contributed by atoms with Gasteiger partial charge in [0.2, 0.25) is 0 Å². The lowest BCUT2D eigenvalue weighted by Gasteiger charge is -2.01. The van der Waals surface area contributed by atoms with Crippen molar-refractivity contribution in [3.05, 3.63) is 75.3 Å². The molecule has 0 bridgehead atoms. The molecule has 0 fully saturated rings. The molecule has 112 valence electrons. The summed E-state index contributed by atoms with van der Waals surface area (Å²) in [5.41, 5.74) is 4.25. The highest BCUT2D eigenvalue weighted by Gasteiger charge is 2.10. The van der Waals surface area contributed by atoms with Crippen LogP contribution in [-0.4, -0.2) is 17.0 Å². The monoisotopic (exact) mass is 297 g/mol. The summed E-state index contributed by atoms with van der Waals surface area (Å²) in [5, 5.41) is 14.6. The molecule has 2 aromatic rings. The Bertz CT molecular complexity index is 709. The van der Waals surface area contributed by atoms with E-state index in [1.54, 1.807) is 30.3 Å². The molecule has 0 saturated carbocycles. The van der Waals surface area contributed by atoms with Crippen LogP contribution in [0.25, 0.3) is 0 Å². The molecule has 6 heteroatoms. The molecule has 0 atom stereocenters. The first kappa shape index (κ1) is 15.4. The molecule has 0 aliphatic carbocycles. The fourth-order valence-corrected chi connectivity index (χ4v) is 1.88. The van der Waals surface area contributed by atoms with Crippen LogP contribution in [0.3, 0.4) is 0 Å². The van der Waals surface area contributed by atoms with Crippen LogP contribution < -0.4 is 5.43 Å². The quantitative estimate of drug-likeness (QED) is 0.523. The van der Waals surface area contributed by atoms with Crippen molar-refractivity contribution in [3.63, 3.8) is 0 Å². The summed E-state index contributed by atoms with van der Waals surface area (Å²) < 4.78 is 0. The van der Waals surface area contributed by atoms with E-state index in [0.29, 0.717) is 11.1 Å². The van der Waals surface area contributed by atoms with Crippen molar-refractivity contribution in [2.75, 3.05) is 0 Å². The molecule has 0 radical (unpaired) electrons. The van der Waals surface area contributed by atoms with Gasteiger partial charge >= 0.3 is 0 Å². The van der Waals surface area contributed by atoms with E-state index in [4.69, 9.17) is 0 Å². The summed E-state index contributed by atoms with van der Waals surface area (Å²) in [4.78, 5) is 22.3. The third kappa shape index (κ3) is 3.76. The second-order valence-electron chi connectivity index (χ2n) is 4.57. The molecule has 6 nitrogen and oxygen atoms in total. The molecule has 0 aliphatic heterocycles. The smallest absolute Gasteiger partial charge is 0.267 e. The number of para-hydroxylation sites is 1. The Balaban J connectivity index is 2.05. The number of aryl methyl sites for hydroxylation is 1. The van der Waals surface area contributed by atoms with E-state index in [1.807, 2.05) is 19.1 Å². The predicted molar refractivity (Wildman–Crippen MR) is 84.0 cm³/mol. The number of hydrogen-bond acceptors (Lipinski definition) is 4. The number of nitro benzene ring substituents is 1. The number of hydrogen-bond donors (Lipinski definition) is 1. The SMILES string of the molecule is CCc1ccc(C(=O)N/N=C\c2ccccc2[N+](=O)[O-])cc1. The summed E-state index contributed by atoms with van der Waals surface area (Å²) in [7, 11) is 0. The Kier molecular flexibility index (Phi) is 4.98. The summed E-state index contributed by atoms with van der Waals surface area (Å²) in [5.74, 6) is -0.363. The van der Waals surface area contributed by atoms with Crippen LogP contribution in [-0.2, 0) is 6.42 Å². The fraction of sp³-hybridized carbons (Fsp3) is 0.125. The van der Waals surface area contributed by atoms with Crippen molar-refractivity contribution in [2.24, 2.45) is 5.10 Å². The Morgan fingerprint density at radius 3 is 2.55 bits per heavy atom. The summed E-state index contributed by atoms with van der Waals surface area (Å²) in [6, 6.07) is 13.4. The second kappa shape index (κ2) is 7.12. The number of nitro groups is 1. The highest BCUT2D eigenvalue weighted by molar-refractivity contribution is 5.95. The van der Waals surface area contributed by atoms with Gasteiger partial charge in [-0.1, -0.05) is 31.2 Å². The fourth-order valence-electron chi connectivity index (χ4n) is 1.88. The number of rotatable bonds is 5. The van der Waals surface area contributed by atoms with Gasteiger partial charge in [0.1, 0.15) is 0 Å². The molecular formula is C16H15N3O3. The maximum absolute atomic E-state index is 11.9. The number of benzene rings is 2. The van der Waals surface area contributed by atoms with Gasteiger partial charge in [0.05, 0.1) is 16.7 Å². The van der Waals surface area contributed by atoms with Crippen LogP contribution in [0.4, 0.5) is 5.69 Å². The van der Waals surface area contributed by atoms with Crippen molar-refractivity contribution in [1.29, 1.82) is 0 Å². The molecule has 2 aromatic carbocycles. The number of nitrogens with one attached hydrogen (secondary N) is 1. The first-order chi connectivity index (χ1) is 10.6. The van der Waals surface area contributed by atoms with Crippen LogP contribution in [0.5, 0.6) is 0 Å². The van der Waals surface area contributed by atoms with E-state index in [2.05, 4.69) is 10.5 Å². The van der Waals surface area contributed by atoms with Gasteiger partial charge in [0.15, 0.2) is 0 Å². The van der Waals surface area contributed by atoms with Gasteiger partial charge < -0.3 is 0 Å². The Morgan fingerprint density at radius 1 is 1.23 bits per heavy atom. The molecular weight excluding hydrogens is 282 g/mol. The Hall–Kier alpha value is -3.02. The third-order valence-corrected chi connectivity index (χ3v) is 3.13. The maximum Gasteiger partial charge on any atom is 0.278 e. The summed E-state index contributed by atoms with van der Waals surface area (Å²) >= 11 is 0. The number of amides is 1. The van der Waals surface area contributed by atoms with Gasteiger partial charge in [-0.05, 0) is 30.2 Å². The largest absolute Gasteiger partial charge is 0.278 e. The van der Waals surface area contributed by atoms with Crippen LogP contribution in [0, 0.1) is 10.1 Å². The van der Waals surface area contributed by atoms with E-state index in [-0.39, 0.29) is 11.6 Å². The molecule has 0 spiro atoms. The lowest BCUT2D eigenvalue weighted by Crippen LogP contribution is -2.17. The lowest BCUT2D eigenvalue weighted by atomic mass is 10.1. The van der Waals surface area contributed by atoms with Gasteiger partial charge in [-0.3, -0.25) is 14.9 Å². The molecule has 1 N–H and O–H groups in total. The maximum atomic E-state index is 11.9. The first-order valence-corrected chi connectivity index (χ1v) is 6.77. The zero-order chi connectivity index (χ0) is 15.9. The van der Waals surface area contributed by atoms with Crippen LogP contribution in [0.2, 0.25) is 0 Å². The van der Waals surface area contributed by atoms with E-state index >= 15 is 0 Å². The topological polar surface area (TPSA) is 84.6 Å². The molecule has 0 unspecified atom stereocenters. The van der Waals surface area contributed by atoms with E-state index < -0.39 is 4.92 Å². The third-order valence-electron chi connectivity index (χ3n) is 3.13. The van der Waals surface area contributed by atoms with Gasteiger partial charge in [-0.25, -0.2) is 5.43 Å². The molecule has 0 heterocycles. The summed E-state index contributed by atoms with van der Waals surface area (Å²) in [6.07, 6.45) is 2.16. The van der Waals surface area contributed by atoms with E-state index in [0.717, 1.165) is 12.0 Å². The minimum Gasteiger partial charge on any atom is -0.267 e. The van der Waals surface area contributed by atoms with E-state index in [1.165, 1.54) is 12.3 Å². The minimum atomic E-state index is -0.493. The second-order valence-corrected chi connectivity index (χ2v) is 4.57. The zero-order valence-electron chi connectivity index (χ0n) is 12.0. The summed E-state index contributed by atoms with van der Waals surface area (Å²) in [6.45, 7) is 2.03. The van der Waals surface area contributed by atoms with Crippen LogP contribution in [0.1, 0.15) is 28.4 Å². The highest BCUT2D eigenvalue weighted by Crippen LogP contribution is 2.15. The van der Waals surface area contributed by atoms with E-state index in [9.17, 15) is 14.9 Å². The number of nitrogens with zero attached hydrogens (tertiary/aromatic N) is 2. The molecule has 0 saturated heterocycles. The van der Waals surface area contributed by atoms with Gasteiger partial charge in [0.25, 0.3) is 11.6 Å². The zero-order valence-corrected chi connectivity index (χ0v) is 12.0. The Labute approximate surface area is 127 Å². The molecule has 2 rings (SSSR count). The number of hydrazone groups is 1. The van der Waals surface area contributed by atoms with Crippen molar-refractivity contribution in [2.45, 2.75) is 13.3 Å². The van der Waals surface area contributed by atoms with Gasteiger partial charge in [-0.2, -0.15) is 5.10 Å².